The number of likely N-dealkylation sites (tertiary alicyclic amines) is 1. The molecule has 2 aromatic carbocycles. The molecule has 0 spiro atoms. The largest absolute Gasteiger partial charge is 0.457 e. The van der Waals surface area contributed by atoms with Crippen LogP contribution in [0.15, 0.2) is 54.6 Å². The van der Waals surface area contributed by atoms with Crippen LogP contribution >= 0.6 is 31.9 Å². The number of imide groups is 1. The zero-order valence-corrected chi connectivity index (χ0v) is 21.6. The Morgan fingerprint density at radius 1 is 0.886 bits per heavy atom. The summed E-state index contributed by atoms with van der Waals surface area (Å²) in [5, 5.41) is 2.63. The predicted molar refractivity (Wildman–Crippen MR) is 133 cm³/mol. The van der Waals surface area contributed by atoms with Gasteiger partial charge in [-0.15, -0.1) is 0 Å². The molecule has 3 aliphatic rings. The summed E-state index contributed by atoms with van der Waals surface area (Å²) in [5.41, 5.74) is 0.508. The Morgan fingerprint density at radius 3 is 2.06 bits per heavy atom. The zero-order valence-electron chi connectivity index (χ0n) is 18.4. The van der Waals surface area contributed by atoms with Crippen molar-refractivity contribution in [2.75, 3.05) is 18.5 Å². The van der Waals surface area contributed by atoms with Crippen molar-refractivity contribution in [3.8, 4) is 11.5 Å². The summed E-state index contributed by atoms with van der Waals surface area (Å²) in [6, 6.07) is 16.0. The lowest BCUT2D eigenvalue weighted by atomic mass is 9.81. The number of hydrogen-bond acceptors (Lipinski definition) is 6. The Hall–Kier alpha value is -2.72. The molecule has 5 rings (SSSR count). The van der Waals surface area contributed by atoms with E-state index in [9.17, 15) is 19.2 Å². The molecule has 8 nitrogen and oxygen atoms in total. The molecule has 1 heterocycles. The Kier molecular flexibility index (Phi) is 6.67. The average molecular weight is 606 g/mol. The van der Waals surface area contributed by atoms with Crippen LogP contribution in [0.4, 0.5) is 5.69 Å². The number of para-hydroxylation sites is 1. The van der Waals surface area contributed by atoms with Gasteiger partial charge >= 0.3 is 5.97 Å². The highest BCUT2D eigenvalue weighted by Crippen LogP contribution is 2.60. The number of rotatable bonds is 7. The molecule has 2 aliphatic carbocycles. The Morgan fingerprint density at radius 2 is 1.46 bits per heavy atom. The fourth-order valence-corrected chi connectivity index (χ4v) is 7.19. The standard InChI is InChI=1S/C25H22Br2N2O6/c26-22-16-10-17(23(22)27)21-20(16)24(32)29(25(21)33)11-19(31)34-12-18(30)28-13-6-8-15(9-7-13)35-14-4-2-1-3-5-14/h1-9,16-17,20-23H,10-12H2,(H,28,30)/t16-,17-,20-,21+,22-,23+/m1/s1. The van der Waals surface area contributed by atoms with E-state index in [2.05, 4.69) is 37.2 Å². The van der Waals surface area contributed by atoms with Gasteiger partial charge in [-0.2, -0.15) is 0 Å². The summed E-state index contributed by atoms with van der Waals surface area (Å²) in [4.78, 5) is 51.5. The second kappa shape index (κ2) is 9.73. The summed E-state index contributed by atoms with van der Waals surface area (Å²) in [7, 11) is 0. The van der Waals surface area contributed by atoms with Crippen LogP contribution in [-0.4, -0.2) is 51.4 Å². The van der Waals surface area contributed by atoms with Crippen molar-refractivity contribution >= 4 is 61.2 Å². The first-order valence-corrected chi connectivity index (χ1v) is 13.1. The monoisotopic (exact) mass is 604 g/mol. The molecule has 2 aromatic rings. The first kappa shape index (κ1) is 24.0. The number of hydrogen-bond donors (Lipinski definition) is 1. The van der Waals surface area contributed by atoms with Crippen LogP contribution in [0.1, 0.15) is 6.42 Å². The predicted octanol–water partition coefficient (Wildman–Crippen LogP) is 3.74. The average Bonchev–Trinajstić information content (AvgIpc) is 3.46. The number of nitrogens with one attached hydrogen (secondary N) is 1. The molecule has 6 atom stereocenters. The van der Waals surface area contributed by atoms with Crippen LogP contribution in [0.5, 0.6) is 11.5 Å². The number of anilines is 1. The third-order valence-corrected chi connectivity index (χ3v) is 10.1. The molecule has 10 heteroatoms. The second-order valence-corrected chi connectivity index (χ2v) is 11.0. The van der Waals surface area contributed by atoms with Gasteiger partial charge < -0.3 is 14.8 Å². The number of halogens is 2. The van der Waals surface area contributed by atoms with E-state index in [1.54, 1.807) is 24.3 Å². The number of alkyl halides is 2. The van der Waals surface area contributed by atoms with Crippen molar-refractivity contribution in [2.45, 2.75) is 16.1 Å². The molecule has 35 heavy (non-hydrogen) atoms. The molecule has 3 fully saturated rings. The van der Waals surface area contributed by atoms with Crippen LogP contribution in [0.25, 0.3) is 0 Å². The lowest BCUT2D eigenvalue weighted by molar-refractivity contribution is -0.154. The molecular weight excluding hydrogens is 584 g/mol. The van der Waals surface area contributed by atoms with E-state index in [4.69, 9.17) is 9.47 Å². The van der Waals surface area contributed by atoms with E-state index in [0.717, 1.165) is 11.3 Å². The minimum Gasteiger partial charge on any atom is -0.457 e. The maximum absolute atomic E-state index is 12.9. The Labute approximate surface area is 218 Å². The van der Waals surface area contributed by atoms with Crippen molar-refractivity contribution in [1.29, 1.82) is 0 Å². The molecule has 182 valence electrons. The quantitative estimate of drug-likeness (QED) is 0.293. The van der Waals surface area contributed by atoms with Gasteiger partial charge in [0.05, 0.1) is 11.8 Å². The van der Waals surface area contributed by atoms with E-state index in [1.807, 2.05) is 30.3 Å². The normalized spacial score (nSPS) is 28.7. The number of amides is 3. The highest BCUT2D eigenvalue weighted by Gasteiger charge is 2.66. The minimum atomic E-state index is -0.799. The number of ether oxygens (including phenoxy) is 2. The maximum atomic E-state index is 12.9. The Bertz CT molecular complexity index is 1130. The fraction of sp³-hybridized carbons (Fsp3) is 0.360. The third kappa shape index (κ3) is 4.61. The molecule has 2 saturated carbocycles. The lowest BCUT2D eigenvalue weighted by Crippen LogP contribution is -2.38. The third-order valence-electron chi connectivity index (χ3n) is 6.85. The molecule has 0 aromatic heterocycles. The van der Waals surface area contributed by atoms with Gasteiger partial charge in [-0.25, -0.2) is 0 Å². The van der Waals surface area contributed by atoms with Crippen molar-refractivity contribution in [2.24, 2.45) is 23.7 Å². The molecule has 1 N–H and O–H groups in total. The van der Waals surface area contributed by atoms with E-state index in [1.165, 1.54) is 0 Å². The van der Waals surface area contributed by atoms with E-state index >= 15 is 0 Å². The zero-order chi connectivity index (χ0) is 24.7. The van der Waals surface area contributed by atoms with Crippen LogP contribution in [0.2, 0.25) is 0 Å². The van der Waals surface area contributed by atoms with Crippen molar-refractivity contribution in [1.82, 2.24) is 4.90 Å². The van der Waals surface area contributed by atoms with E-state index in [0.29, 0.717) is 17.2 Å². The van der Waals surface area contributed by atoms with Crippen molar-refractivity contribution < 1.29 is 28.7 Å². The van der Waals surface area contributed by atoms with Crippen LogP contribution < -0.4 is 10.1 Å². The van der Waals surface area contributed by atoms with Gasteiger partial charge in [0.15, 0.2) is 6.61 Å². The molecule has 1 aliphatic heterocycles. The fourth-order valence-electron chi connectivity index (χ4n) is 5.32. The van der Waals surface area contributed by atoms with Gasteiger partial charge in [-0.1, -0.05) is 50.1 Å². The molecule has 0 unspecified atom stereocenters. The molecule has 0 radical (unpaired) electrons. The molecule has 1 saturated heterocycles. The number of benzene rings is 2. The minimum absolute atomic E-state index is 0.0714. The van der Waals surface area contributed by atoms with E-state index < -0.39 is 36.9 Å². The summed E-state index contributed by atoms with van der Waals surface area (Å²) in [6.45, 7) is -1.01. The molecule has 3 amide bonds. The van der Waals surface area contributed by atoms with Gasteiger partial charge in [0.25, 0.3) is 5.91 Å². The first-order valence-electron chi connectivity index (χ1n) is 11.3. The summed E-state index contributed by atoms with van der Waals surface area (Å²) in [5.74, 6) is -1.32. The van der Waals surface area contributed by atoms with Gasteiger partial charge in [-0.05, 0) is 54.7 Å². The SMILES string of the molecule is O=C(COC(=O)CN1C(=O)[C@@H]2[C@H]3C[C@@H]([C@H](Br)[C@@H]3Br)[C@@H]2C1=O)Nc1ccc(Oc2ccccc2)cc1. The summed E-state index contributed by atoms with van der Waals surface area (Å²) in [6.07, 6.45) is 0.816. The number of fused-ring (bicyclic) bond motifs is 5. The Balaban J connectivity index is 1.10. The van der Waals surface area contributed by atoms with Gasteiger partial charge in [-0.3, -0.25) is 24.1 Å². The van der Waals surface area contributed by atoms with Crippen LogP contribution in [0.3, 0.4) is 0 Å². The lowest BCUT2D eigenvalue weighted by Gasteiger charge is -2.28. The van der Waals surface area contributed by atoms with E-state index in [-0.39, 0.29) is 33.3 Å². The number of carbonyl (C=O) groups excluding carboxylic acids is 4. The summed E-state index contributed by atoms with van der Waals surface area (Å²) < 4.78 is 10.7. The van der Waals surface area contributed by atoms with Gasteiger partial charge in [0.2, 0.25) is 11.8 Å². The smallest absolute Gasteiger partial charge is 0.326 e. The van der Waals surface area contributed by atoms with Crippen LogP contribution in [0, 0.1) is 23.7 Å². The first-order chi connectivity index (χ1) is 16.8. The number of esters is 1. The second-order valence-electron chi connectivity index (χ2n) is 8.91. The number of nitrogens with zero attached hydrogens (tertiary/aromatic N) is 1. The van der Waals surface area contributed by atoms with Crippen LogP contribution in [-0.2, 0) is 23.9 Å². The highest BCUT2D eigenvalue weighted by atomic mass is 79.9. The van der Waals surface area contributed by atoms with Crippen molar-refractivity contribution in [3.05, 3.63) is 54.6 Å². The van der Waals surface area contributed by atoms with Gasteiger partial charge in [0, 0.05) is 15.3 Å². The topological polar surface area (TPSA) is 102 Å². The molecule has 2 bridgehead atoms. The van der Waals surface area contributed by atoms with Crippen molar-refractivity contribution in [3.63, 3.8) is 0 Å². The highest BCUT2D eigenvalue weighted by molar-refractivity contribution is 9.12. The summed E-state index contributed by atoms with van der Waals surface area (Å²) >= 11 is 7.26. The molecular formula is C25H22Br2N2O6. The number of carbonyl (C=O) groups is 4. The van der Waals surface area contributed by atoms with Gasteiger partial charge in [0.1, 0.15) is 18.0 Å². The maximum Gasteiger partial charge on any atom is 0.326 e.